The fourth-order valence-corrected chi connectivity index (χ4v) is 5.76. The molecule has 3 aliphatic heterocycles. The first-order valence-corrected chi connectivity index (χ1v) is 12.1. The van der Waals surface area contributed by atoms with Gasteiger partial charge in [-0.25, -0.2) is 4.98 Å². The third-order valence-corrected chi connectivity index (χ3v) is 7.57. The molecular weight excluding hydrogens is 436 g/mol. The molecule has 0 radical (unpaired) electrons. The first kappa shape index (κ1) is 21.3. The molecule has 178 valence electrons. The minimum Gasteiger partial charge on any atom is -0.489 e. The van der Waals surface area contributed by atoms with E-state index in [1.807, 2.05) is 19.1 Å². The average molecular weight is 465 g/mol. The van der Waals surface area contributed by atoms with Crippen LogP contribution in [0.5, 0.6) is 5.75 Å². The van der Waals surface area contributed by atoms with Crippen LogP contribution in [0, 0.1) is 6.92 Å². The highest BCUT2D eigenvalue weighted by Crippen LogP contribution is 2.37. The quantitative estimate of drug-likeness (QED) is 0.676. The molecule has 6 rings (SSSR count). The summed E-state index contributed by atoms with van der Waals surface area (Å²) >= 11 is 0. The summed E-state index contributed by atoms with van der Waals surface area (Å²) in [6, 6.07) is 5.35. The van der Waals surface area contributed by atoms with E-state index in [1.165, 1.54) is 0 Å². The highest BCUT2D eigenvalue weighted by atomic mass is 16.5. The molecule has 1 N–H and O–H groups in total. The maximum absolute atomic E-state index is 12.9. The number of oxazole rings is 1. The van der Waals surface area contributed by atoms with E-state index in [-0.39, 0.29) is 24.3 Å². The Morgan fingerprint density at radius 1 is 1.15 bits per heavy atom. The van der Waals surface area contributed by atoms with Crippen LogP contribution in [0.15, 0.2) is 28.8 Å². The highest BCUT2D eigenvalue weighted by molar-refractivity contribution is 6.05. The van der Waals surface area contributed by atoms with E-state index in [0.29, 0.717) is 30.5 Å². The number of aryl methyl sites for hydroxylation is 1. The number of nitrogens with one attached hydrogen (secondary N) is 1. The van der Waals surface area contributed by atoms with Crippen molar-refractivity contribution in [2.75, 3.05) is 13.1 Å². The average Bonchev–Trinajstić information content (AvgIpc) is 3.48. The van der Waals surface area contributed by atoms with Crippen LogP contribution < -0.4 is 10.1 Å². The molecular formula is C25H28N4O5. The number of aromatic nitrogens is 1. The Labute approximate surface area is 197 Å². The SMILES string of the molecule is Cc1cnc(C2CN([C@@H]3CCC[C@@H]3Oc3ccc4c(c3)CN(C3CCC(=O)NC3=O)C4=O)C2)o1. The predicted molar refractivity (Wildman–Crippen MR) is 120 cm³/mol. The van der Waals surface area contributed by atoms with E-state index < -0.39 is 11.9 Å². The van der Waals surface area contributed by atoms with Crippen LogP contribution in [0.3, 0.4) is 0 Å². The van der Waals surface area contributed by atoms with Crippen molar-refractivity contribution in [2.45, 2.75) is 69.7 Å². The van der Waals surface area contributed by atoms with Crippen molar-refractivity contribution in [2.24, 2.45) is 0 Å². The van der Waals surface area contributed by atoms with Crippen LogP contribution in [-0.2, 0) is 16.1 Å². The molecule has 2 aromatic rings. The van der Waals surface area contributed by atoms with E-state index >= 15 is 0 Å². The zero-order valence-corrected chi connectivity index (χ0v) is 19.2. The Kier molecular flexibility index (Phi) is 5.17. The first-order chi connectivity index (χ1) is 16.5. The Morgan fingerprint density at radius 2 is 2.00 bits per heavy atom. The van der Waals surface area contributed by atoms with Gasteiger partial charge in [0, 0.05) is 37.7 Å². The van der Waals surface area contributed by atoms with E-state index in [0.717, 1.165) is 55.3 Å². The number of carbonyl (C=O) groups is 3. The number of hydrogen-bond donors (Lipinski definition) is 1. The fraction of sp³-hybridized carbons (Fsp3) is 0.520. The number of nitrogens with zero attached hydrogens (tertiary/aromatic N) is 3. The lowest BCUT2D eigenvalue weighted by atomic mass is 9.96. The van der Waals surface area contributed by atoms with Crippen molar-refractivity contribution in [3.63, 3.8) is 0 Å². The Morgan fingerprint density at radius 3 is 2.76 bits per heavy atom. The molecule has 9 nitrogen and oxygen atoms in total. The molecule has 9 heteroatoms. The lowest BCUT2D eigenvalue weighted by Gasteiger charge is -2.43. The lowest BCUT2D eigenvalue weighted by Crippen LogP contribution is -2.54. The van der Waals surface area contributed by atoms with Gasteiger partial charge in [0.15, 0.2) is 5.89 Å². The molecule has 1 saturated carbocycles. The van der Waals surface area contributed by atoms with Crippen molar-refractivity contribution >= 4 is 17.7 Å². The van der Waals surface area contributed by atoms with Crippen LogP contribution >= 0.6 is 0 Å². The zero-order chi connectivity index (χ0) is 23.4. The molecule has 34 heavy (non-hydrogen) atoms. The van der Waals surface area contributed by atoms with Crippen molar-refractivity contribution < 1.29 is 23.5 Å². The minimum atomic E-state index is -0.604. The molecule has 1 aliphatic carbocycles. The van der Waals surface area contributed by atoms with E-state index in [1.54, 1.807) is 17.2 Å². The zero-order valence-electron chi connectivity index (χ0n) is 19.2. The second-order valence-corrected chi connectivity index (χ2v) is 9.83. The fourth-order valence-electron chi connectivity index (χ4n) is 5.76. The number of ether oxygens (including phenoxy) is 1. The summed E-state index contributed by atoms with van der Waals surface area (Å²) in [5.41, 5.74) is 1.47. The van der Waals surface area contributed by atoms with E-state index in [4.69, 9.17) is 9.15 Å². The number of likely N-dealkylation sites (tertiary alicyclic amines) is 1. The highest BCUT2D eigenvalue weighted by Gasteiger charge is 2.43. The molecule has 2 saturated heterocycles. The summed E-state index contributed by atoms with van der Waals surface area (Å²) in [6.07, 6.45) is 5.73. The number of amides is 3. The van der Waals surface area contributed by atoms with Crippen LogP contribution in [0.4, 0.5) is 0 Å². The van der Waals surface area contributed by atoms with Gasteiger partial charge in [0.1, 0.15) is 23.7 Å². The Bertz CT molecular complexity index is 1150. The number of rotatable bonds is 5. The lowest BCUT2D eigenvalue weighted by molar-refractivity contribution is -0.136. The molecule has 1 aromatic heterocycles. The second kappa shape index (κ2) is 8.23. The normalized spacial score (nSPS) is 27.6. The molecule has 4 aliphatic rings. The summed E-state index contributed by atoms with van der Waals surface area (Å²) in [5, 5.41) is 2.34. The van der Waals surface area contributed by atoms with Gasteiger partial charge in [-0.15, -0.1) is 0 Å². The molecule has 1 unspecified atom stereocenters. The van der Waals surface area contributed by atoms with Crippen LogP contribution in [0.2, 0.25) is 0 Å². The maximum Gasteiger partial charge on any atom is 0.255 e. The van der Waals surface area contributed by atoms with Gasteiger partial charge in [0.2, 0.25) is 11.8 Å². The molecule has 0 bridgehead atoms. The van der Waals surface area contributed by atoms with Gasteiger partial charge >= 0.3 is 0 Å². The molecule has 3 amide bonds. The van der Waals surface area contributed by atoms with Crippen molar-refractivity contribution in [1.82, 2.24) is 20.1 Å². The summed E-state index contributed by atoms with van der Waals surface area (Å²) in [7, 11) is 0. The Hall–Kier alpha value is -3.20. The van der Waals surface area contributed by atoms with Gasteiger partial charge in [-0.3, -0.25) is 24.6 Å². The van der Waals surface area contributed by atoms with E-state index in [2.05, 4.69) is 15.2 Å². The second-order valence-electron chi connectivity index (χ2n) is 9.83. The van der Waals surface area contributed by atoms with Gasteiger partial charge in [-0.1, -0.05) is 0 Å². The smallest absolute Gasteiger partial charge is 0.255 e. The number of imide groups is 1. The molecule has 4 heterocycles. The van der Waals surface area contributed by atoms with Crippen LogP contribution in [-0.4, -0.2) is 63.8 Å². The first-order valence-electron chi connectivity index (χ1n) is 12.1. The van der Waals surface area contributed by atoms with Crippen LogP contribution in [0.25, 0.3) is 0 Å². The molecule has 3 fully saturated rings. The monoisotopic (exact) mass is 464 g/mol. The van der Waals surface area contributed by atoms with Crippen molar-refractivity contribution in [3.8, 4) is 5.75 Å². The molecule has 3 atom stereocenters. The number of fused-ring (bicyclic) bond motifs is 1. The number of benzene rings is 1. The predicted octanol–water partition coefficient (Wildman–Crippen LogP) is 2.14. The topological polar surface area (TPSA) is 105 Å². The van der Waals surface area contributed by atoms with Crippen molar-refractivity contribution in [1.29, 1.82) is 0 Å². The summed E-state index contributed by atoms with van der Waals surface area (Å²) < 4.78 is 12.1. The minimum absolute atomic E-state index is 0.105. The van der Waals surface area contributed by atoms with Gasteiger partial charge < -0.3 is 14.1 Å². The molecule has 1 aromatic carbocycles. The van der Waals surface area contributed by atoms with E-state index in [9.17, 15) is 14.4 Å². The Balaban J connectivity index is 1.10. The number of piperidine rings is 1. The number of carbonyl (C=O) groups excluding carboxylic acids is 3. The summed E-state index contributed by atoms with van der Waals surface area (Å²) in [4.78, 5) is 45.1. The largest absolute Gasteiger partial charge is 0.489 e. The van der Waals surface area contributed by atoms with Gasteiger partial charge in [0.25, 0.3) is 5.91 Å². The van der Waals surface area contributed by atoms with Crippen molar-refractivity contribution in [3.05, 3.63) is 47.2 Å². The van der Waals surface area contributed by atoms with Crippen LogP contribution in [0.1, 0.15) is 65.6 Å². The molecule has 0 spiro atoms. The summed E-state index contributed by atoms with van der Waals surface area (Å²) in [5.74, 6) is 1.94. The standard InChI is InChI=1S/C25H28N4O5/c1-14-10-26-24(33-14)16-11-28(12-16)19-3-2-4-21(19)34-17-5-6-18-15(9-17)13-29(25(18)32)20-7-8-22(30)27-23(20)31/h5-6,9-10,16,19-21H,2-4,7-8,11-13H2,1H3,(H,27,30,31)/t19-,20?,21+/m1/s1. The summed E-state index contributed by atoms with van der Waals surface area (Å²) in [6.45, 7) is 4.14. The van der Waals surface area contributed by atoms with Gasteiger partial charge in [-0.2, -0.15) is 0 Å². The third-order valence-electron chi connectivity index (χ3n) is 7.57. The number of hydrogen-bond acceptors (Lipinski definition) is 7. The van der Waals surface area contributed by atoms with Gasteiger partial charge in [0.05, 0.1) is 12.1 Å². The van der Waals surface area contributed by atoms with Gasteiger partial charge in [-0.05, 0) is 56.4 Å². The maximum atomic E-state index is 12.9. The third kappa shape index (κ3) is 3.68.